The Labute approximate surface area is 141 Å². The number of unbranched alkanes of at least 4 members (excludes halogenated alkanes) is 1. The predicted molar refractivity (Wildman–Crippen MR) is 90.0 cm³/mol. The van der Waals surface area contributed by atoms with E-state index in [0.29, 0.717) is 22.0 Å². The van der Waals surface area contributed by atoms with Crippen LogP contribution in [0.5, 0.6) is 0 Å². The van der Waals surface area contributed by atoms with Gasteiger partial charge >= 0.3 is 12.0 Å². The molecule has 116 valence electrons. The van der Waals surface area contributed by atoms with E-state index in [1.165, 1.54) is 6.07 Å². The molecule has 0 aliphatic carbocycles. The molecule has 0 aromatic heterocycles. The smallest absolute Gasteiger partial charge is 0.337 e. The average molecular weight is 422 g/mol. The molecule has 0 radical (unpaired) electrons. The van der Waals surface area contributed by atoms with Crippen LogP contribution in [0.15, 0.2) is 21.1 Å². The Morgan fingerprint density at radius 3 is 2.48 bits per heavy atom. The summed E-state index contributed by atoms with van der Waals surface area (Å²) in [5.74, 6) is -1.09. The lowest BCUT2D eigenvalue weighted by molar-refractivity contribution is 0.0698. The number of hydrogen-bond acceptors (Lipinski definition) is 2. The lowest BCUT2D eigenvalue weighted by Gasteiger charge is -2.22. The van der Waals surface area contributed by atoms with Crippen LogP contribution in [0.1, 0.15) is 37.0 Å². The monoisotopic (exact) mass is 420 g/mol. The lowest BCUT2D eigenvalue weighted by atomic mass is 10.2. The summed E-state index contributed by atoms with van der Waals surface area (Å²) in [7, 11) is 0. The van der Waals surface area contributed by atoms with Crippen molar-refractivity contribution in [3.8, 4) is 0 Å². The van der Waals surface area contributed by atoms with Gasteiger partial charge in [0.1, 0.15) is 0 Å². The van der Waals surface area contributed by atoms with E-state index in [-0.39, 0.29) is 17.3 Å². The first-order chi connectivity index (χ1) is 9.90. The highest BCUT2D eigenvalue weighted by atomic mass is 79.9. The van der Waals surface area contributed by atoms with Gasteiger partial charge in [-0.2, -0.15) is 0 Å². The number of amides is 2. The number of carbonyl (C=O) groups excluding carboxylic acids is 1. The van der Waals surface area contributed by atoms with Crippen molar-refractivity contribution in [2.45, 2.75) is 26.7 Å². The van der Waals surface area contributed by atoms with Crippen LogP contribution in [0, 0.1) is 0 Å². The molecular weight excluding hydrogens is 404 g/mol. The summed E-state index contributed by atoms with van der Waals surface area (Å²) in [6, 6.07) is 2.87. The molecular formula is C14H18Br2N2O3. The van der Waals surface area contributed by atoms with Crippen LogP contribution in [0.25, 0.3) is 0 Å². The van der Waals surface area contributed by atoms with E-state index >= 15 is 0 Å². The van der Waals surface area contributed by atoms with Crippen LogP contribution >= 0.6 is 31.9 Å². The SMILES string of the molecule is CCCCN(CC)C(=O)Nc1c(Br)cc(Br)cc1C(=O)O. The van der Waals surface area contributed by atoms with Gasteiger partial charge < -0.3 is 15.3 Å². The molecule has 0 atom stereocenters. The molecule has 0 aliphatic rings. The number of carboxylic acids is 1. The molecule has 0 unspecified atom stereocenters. The van der Waals surface area contributed by atoms with Gasteiger partial charge in [-0.1, -0.05) is 29.3 Å². The zero-order chi connectivity index (χ0) is 16.0. The van der Waals surface area contributed by atoms with Gasteiger partial charge in [0.2, 0.25) is 0 Å². The number of carboxylic acid groups (broad SMARTS) is 1. The fourth-order valence-electron chi connectivity index (χ4n) is 1.81. The number of carbonyl (C=O) groups is 2. The molecule has 2 amide bonds. The van der Waals surface area contributed by atoms with E-state index in [4.69, 9.17) is 0 Å². The van der Waals surface area contributed by atoms with E-state index < -0.39 is 5.97 Å². The van der Waals surface area contributed by atoms with Crippen molar-refractivity contribution in [2.75, 3.05) is 18.4 Å². The minimum absolute atomic E-state index is 0.0381. The molecule has 2 N–H and O–H groups in total. The van der Waals surface area contributed by atoms with Gasteiger partial charge in [0.15, 0.2) is 0 Å². The van der Waals surface area contributed by atoms with E-state index in [2.05, 4.69) is 44.1 Å². The number of nitrogens with one attached hydrogen (secondary N) is 1. The van der Waals surface area contributed by atoms with Gasteiger partial charge in [0.05, 0.1) is 11.3 Å². The maximum absolute atomic E-state index is 12.3. The van der Waals surface area contributed by atoms with E-state index in [1.54, 1.807) is 11.0 Å². The number of rotatable bonds is 6. The second kappa shape index (κ2) is 8.38. The third kappa shape index (κ3) is 5.00. The van der Waals surface area contributed by atoms with Crippen LogP contribution in [0.3, 0.4) is 0 Å². The maximum atomic E-state index is 12.3. The van der Waals surface area contributed by atoms with Crippen molar-refractivity contribution in [2.24, 2.45) is 0 Å². The number of urea groups is 1. The van der Waals surface area contributed by atoms with E-state index in [0.717, 1.165) is 12.8 Å². The van der Waals surface area contributed by atoms with Crippen molar-refractivity contribution in [3.63, 3.8) is 0 Å². The minimum Gasteiger partial charge on any atom is -0.478 e. The predicted octanol–water partition coefficient (Wildman–Crippen LogP) is 4.56. The maximum Gasteiger partial charge on any atom is 0.337 e. The molecule has 5 nitrogen and oxygen atoms in total. The zero-order valence-electron chi connectivity index (χ0n) is 11.9. The topological polar surface area (TPSA) is 69.6 Å². The van der Waals surface area contributed by atoms with Gasteiger partial charge in [0.25, 0.3) is 0 Å². The molecule has 1 aromatic carbocycles. The minimum atomic E-state index is -1.09. The molecule has 0 fully saturated rings. The molecule has 0 aliphatic heterocycles. The van der Waals surface area contributed by atoms with Crippen molar-refractivity contribution in [3.05, 3.63) is 26.6 Å². The molecule has 21 heavy (non-hydrogen) atoms. The Kier molecular flexibility index (Phi) is 7.17. The summed E-state index contributed by atoms with van der Waals surface area (Å²) in [5.41, 5.74) is 0.307. The van der Waals surface area contributed by atoms with E-state index in [1.807, 2.05) is 6.92 Å². The molecule has 7 heteroatoms. The van der Waals surface area contributed by atoms with E-state index in [9.17, 15) is 14.7 Å². The van der Waals surface area contributed by atoms with Gasteiger partial charge in [-0.3, -0.25) is 0 Å². The second-order valence-corrected chi connectivity index (χ2v) is 6.25. The third-order valence-corrected chi connectivity index (χ3v) is 4.05. The molecule has 1 rings (SSSR count). The van der Waals surface area contributed by atoms with Gasteiger partial charge in [-0.15, -0.1) is 0 Å². The van der Waals surface area contributed by atoms with Gasteiger partial charge in [0, 0.05) is 22.0 Å². The standard InChI is InChI=1S/C14H18Br2N2O3/c1-3-5-6-18(4-2)14(21)17-12-10(13(19)20)7-9(15)8-11(12)16/h7-8H,3-6H2,1-2H3,(H,17,21)(H,19,20). The first kappa shape index (κ1) is 18.0. The Hall–Kier alpha value is -1.08. The van der Waals surface area contributed by atoms with Crippen molar-refractivity contribution in [1.29, 1.82) is 0 Å². The highest BCUT2D eigenvalue weighted by Gasteiger charge is 2.19. The van der Waals surface area contributed by atoms with Crippen LogP contribution in [-0.4, -0.2) is 35.1 Å². The highest BCUT2D eigenvalue weighted by molar-refractivity contribution is 9.11. The van der Waals surface area contributed by atoms with Crippen molar-refractivity contribution in [1.82, 2.24) is 4.90 Å². The number of nitrogens with zero attached hydrogens (tertiary/aromatic N) is 1. The quantitative estimate of drug-likeness (QED) is 0.706. The molecule has 0 heterocycles. The van der Waals surface area contributed by atoms with Crippen LogP contribution in [0.2, 0.25) is 0 Å². The molecule has 0 saturated carbocycles. The zero-order valence-corrected chi connectivity index (χ0v) is 15.1. The normalized spacial score (nSPS) is 10.3. The highest BCUT2D eigenvalue weighted by Crippen LogP contribution is 2.31. The Morgan fingerprint density at radius 1 is 1.29 bits per heavy atom. The summed E-state index contributed by atoms with van der Waals surface area (Å²) < 4.78 is 1.15. The second-order valence-electron chi connectivity index (χ2n) is 4.48. The fourth-order valence-corrected chi connectivity index (χ4v) is 3.13. The number of benzene rings is 1. The molecule has 0 saturated heterocycles. The molecule has 1 aromatic rings. The number of hydrogen-bond donors (Lipinski definition) is 2. The average Bonchev–Trinajstić information content (AvgIpc) is 2.42. The summed E-state index contributed by atoms with van der Waals surface area (Å²) in [6.45, 7) is 5.17. The van der Waals surface area contributed by atoms with Crippen LogP contribution in [0.4, 0.5) is 10.5 Å². The van der Waals surface area contributed by atoms with Crippen LogP contribution in [-0.2, 0) is 0 Å². The number of anilines is 1. The van der Waals surface area contributed by atoms with Gasteiger partial charge in [-0.05, 0) is 41.4 Å². The lowest BCUT2D eigenvalue weighted by Crippen LogP contribution is -2.36. The first-order valence-electron chi connectivity index (χ1n) is 6.68. The number of halogens is 2. The fraction of sp³-hybridized carbons (Fsp3) is 0.429. The Bertz CT molecular complexity index is 535. The summed E-state index contributed by atoms with van der Waals surface area (Å²) in [5, 5.41) is 11.9. The largest absolute Gasteiger partial charge is 0.478 e. The first-order valence-corrected chi connectivity index (χ1v) is 8.27. The van der Waals surface area contributed by atoms with Crippen molar-refractivity contribution >= 4 is 49.5 Å². The summed E-state index contributed by atoms with van der Waals surface area (Å²) in [6.07, 6.45) is 1.90. The third-order valence-electron chi connectivity index (χ3n) is 2.97. The molecule has 0 spiro atoms. The van der Waals surface area contributed by atoms with Gasteiger partial charge in [-0.25, -0.2) is 9.59 Å². The summed E-state index contributed by atoms with van der Waals surface area (Å²) >= 11 is 6.53. The van der Waals surface area contributed by atoms with Crippen LogP contribution < -0.4 is 5.32 Å². The Balaban J connectivity index is 3.01. The Morgan fingerprint density at radius 2 is 1.95 bits per heavy atom. The molecule has 0 bridgehead atoms. The number of aromatic carboxylic acids is 1. The summed E-state index contributed by atoms with van der Waals surface area (Å²) in [4.78, 5) is 25.2. The van der Waals surface area contributed by atoms with Crippen molar-refractivity contribution < 1.29 is 14.7 Å².